The fourth-order valence-electron chi connectivity index (χ4n) is 3.19. The number of nitrogens with zero attached hydrogens (tertiary/aromatic N) is 4. The summed E-state index contributed by atoms with van der Waals surface area (Å²) in [6.45, 7) is 0. The lowest BCUT2D eigenvalue weighted by Crippen LogP contribution is -2.17. The minimum atomic E-state index is -4.77. The quantitative estimate of drug-likeness (QED) is 0.368. The Labute approximate surface area is 203 Å². The molecule has 182 valence electrons. The molecule has 4 rings (SSSR count). The predicted molar refractivity (Wildman–Crippen MR) is 130 cm³/mol. The Bertz CT molecular complexity index is 1490. The summed E-state index contributed by atoms with van der Waals surface area (Å²) >= 11 is 1.26. The van der Waals surface area contributed by atoms with Crippen molar-refractivity contribution in [3.05, 3.63) is 66.1 Å². The summed E-state index contributed by atoms with van der Waals surface area (Å²) in [5, 5.41) is 3.39. The summed E-state index contributed by atoms with van der Waals surface area (Å²) in [6, 6.07) is 8.26. The summed E-state index contributed by atoms with van der Waals surface area (Å²) in [5.41, 5.74) is 0.177. The van der Waals surface area contributed by atoms with Gasteiger partial charge in [0.25, 0.3) is 10.0 Å². The molecule has 2 aromatic heterocycles. The molecule has 0 saturated heterocycles. The van der Waals surface area contributed by atoms with Crippen LogP contribution in [0.2, 0.25) is 0 Å². The van der Waals surface area contributed by atoms with E-state index in [0.717, 1.165) is 24.3 Å². The topological polar surface area (TPSA) is 100 Å². The number of benzene rings is 2. The molecule has 0 aliphatic rings. The maximum absolute atomic E-state index is 15.6. The van der Waals surface area contributed by atoms with Crippen LogP contribution in [0.1, 0.15) is 0 Å². The number of rotatable bonds is 7. The van der Waals surface area contributed by atoms with Crippen molar-refractivity contribution in [3.63, 3.8) is 0 Å². The van der Waals surface area contributed by atoms with Gasteiger partial charge in [-0.2, -0.15) is 0 Å². The summed E-state index contributed by atoms with van der Waals surface area (Å²) in [4.78, 5) is 14.1. The summed E-state index contributed by atoms with van der Waals surface area (Å²) in [7, 11) is 0.434. The first-order valence-corrected chi connectivity index (χ1v) is 12.4. The summed E-state index contributed by atoms with van der Waals surface area (Å²) < 4.78 is 71.2. The van der Waals surface area contributed by atoms with Crippen molar-refractivity contribution in [3.8, 4) is 21.8 Å². The minimum absolute atomic E-state index is 0.0248. The van der Waals surface area contributed by atoms with Crippen LogP contribution in [-0.2, 0) is 10.0 Å². The molecule has 8 nitrogen and oxygen atoms in total. The predicted octanol–water partition coefficient (Wildman–Crippen LogP) is 4.59. The highest BCUT2D eigenvalue weighted by atomic mass is 32.2. The highest BCUT2D eigenvalue weighted by Crippen LogP contribution is 2.41. The molecule has 0 saturated carbocycles. The summed E-state index contributed by atoms with van der Waals surface area (Å²) in [6.07, 6.45) is 1.54. The maximum Gasteiger partial charge on any atom is 0.267 e. The van der Waals surface area contributed by atoms with Crippen molar-refractivity contribution in [1.29, 1.82) is 0 Å². The zero-order valence-corrected chi connectivity index (χ0v) is 20.3. The molecule has 0 fully saturated rings. The lowest BCUT2D eigenvalue weighted by Gasteiger charge is -2.12. The van der Waals surface area contributed by atoms with E-state index in [1.807, 2.05) is 4.72 Å². The van der Waals surface area contributed by atoms with Crippen LogP contribution >= 0.6 is 11.3 Å². The van der Waals surface area contributed by atoms with Crippen molar-refractivity contribution in [2.45, 2.75) is 4.90 Å². The van der Waals surface area contributed by atoms with Gasteiger partial charge < -0.3 is 10.2 Å². The molecular weight excluding hydrogens is 501 g/mol. The van der Waals surface area contributed by atoms with Gasteiger partial charge in [-0.3, -0.25) is 4.72 Å². The maximum atomic E-state index is 15.6. The van der Waals surface area contributed by atoms with Gasteiger partial charge in [0.1, 0.15) is 11.6 Å². The third-order valence-corrected chi connectivity index (χ3v) is 7.46. The Morgan fingerprint density at radius 1 is 0.971 bits per heavy atom. The van der Waals surface area contributed by atoms with Crippen LogP contribution in [0.25, 0.3) is 21.8 Å². The smallest absolute Gasteiger partial charge is 0.267 e. The Morgan fingerprint density at radius 2 is 1.66 bits per heavy atom. The number of thiazole rings is 1. The average Bonchev–Trinajstić information content (AvgIpc) is 3.26. The van der Waals surface area contributed by atoms with Crippen LogP contribution in [0.15, 0.2) is 53.6 Å². The minimum Gasteiger partial charge on any atom is -0.357 e. The first-order valence-electron chi connectivity index (χ1n) is 10.1. The number of hydrogen-bond donors (Lipinski definition) is 2. The van der Waals surface area contributed by atoms with Gasteiger partial charge in [-0.05, 0) is 30.3 Å². The number of nitrogens with one attached hydrogen (secondary N) is 2. The standard InChI is InChI=1S/C22H19F3N6O2S2/c1-26-21-27-11-10-16(28-21)19-18(29-22(34-19)31(2)3)12-6-4-9-15(17(12)25)30-35(32,33)20-13(23)7-5-8-14(20)24/h4-11,30H,1-3H3,(H,26,27,28). The molecule has 0 aliphatic heterocycles. The summed E-state index contributed by atoms with van der Waals surface area (Å²) in [5.74, 6) is -3.21. The molecule has 4 aromatic rings. The number of aromatic nitrogens is 3. The lowest BCUT2D eigenvalue weighted by atomic mass is 10.1. The van der Waals surface area contributed by atoms with E-state index >= 15 is 4.39 Å². The van der Waals surface area contributed by atoms with Crippen LogP contribution in [0.3, 0.4) is 0 Å². The van der Waals surface area contributed by atoms with Crippen molar-refractivity contribution in [1.82, 2.24) is 15.0 Å². The molecule has 13 heteroatoms. The zero-order chi connectivity index (χ0) is 25.3. The molecular formula is C22H19F3N6O2S2. The molecule has 0 aliphatic carbocycles. The number of hydrogen-bond acceptors (Lipinski definition) is 8. The second-order valence-corrected chi connectivity index (χ2v) is 10.0. The average molecular weight is 521 g/mol. The van der Waals surface area contributed by atoms with Gasteiger partial charge in [-0.1, -0.05) is 23.5 Å². The Balaban J connectivity index is 1.83. The number of anilines is 3. The number of halogens is 3. The fraction of sp³-hybridized carbons (Fsp3) is 0.136. The zero-order valence-electron chi connectivity index (χ0n) is 18.7. The lowest BCUT2D eigenvalue weighted by molar-refractivity contribution is 0.521. The van der Waals surface area contributed by atoms with E-state index in [4.69, 9.17) is 0 Å². The molecule has 35 heavy (non-hydrogen) atoms. The molecule has 2 heterocycles. The van der Waals surface area contributed by atoms with E-state index in [-0.39, 0.29) is 11.3 Å². The van der Waals surface area contributed by atoms with Gasteiger partial charge in [0.05, 0.1) is 22.0 Å². The first-order chi connectivity index (χ1) is 16.6. The van der Waals surface area contributed by atoms with Crippen LogP contribution in [0, 0.1) is 17.5 Å². The Hall–Kier alpha value is -3.71. The van der Waals surface area contributed by atoms with Crippen molar-refractivity contribution >= 4 is 38.1 Å². The molecule has 0 unspecified atom stereocenters. The largest absolute Gasteiger partial charge is 0.357 e. The van der Waals surface area contributed by atoms with Crippen LogP contribution < -0.4 is 14.9 Å². The second kappa shape index (κ2) is 9.50. The van der Waals surface area contributed by atoms with Gasteiger partial charge in [-0.15, -0.1) is 0 Å². The molecule has 0 amide bonds. The monoisotopic (exact) mass is 520 g/mol. The van der Waals surface area contributed by atoms with E-state index in [0.29, 0.717) is 21.7 Å². The van der Waals surface area contributed by atoms with Crippen molar-refractivity contribution in [2.75, 3.05) is 36.1 Å². The van der Waals surface area contributed by atoms with Crippen LogP contribution in [0.4, 0.5) is 29.9 Å². The van der Waals surface area contributed by atoms with E-state index in [9.17, 15) is 17.2 Å². The molecule has 0 radical (unpaired) electrons. The van der Waals surface area contributed by atoms with Crippen molar-refractivity contribution < 1.29 is 21.6 Å². The fourth-order valence-corrected chi connectivity index (χ4v) is 5.36. The molecule has 0 spiro atoms. The normalized spacial score (nSPS) is 11.4. The van der Waals surface area contributed by atoms with Gasteiger partial charge >= 0.3 is 0 Å². The van der Waals surface area contributed by atoms with E-state index in [1.165, 1.54) is 29.7 Å². The van der Waals surface area contributed by atoms with Gasteiger partial charge in [-0.25, -0.2) is 36.5 Å². The van der Waals surface area contributed by atoms with Gasteiger partial charge in [0, 0.05) is 32.9 Å². The Morgan fingerprint density at radius 3 is 2.31 bits per heavy atom. The highest BCUT2D eigenvalue weighted by Gasteiger charge is 2.27. The number of sulfonamides is 1. The van der Waals surface area contributed by atoms with Crippen molar-refractivity contribution in [2.24, 2.45) is 0 Å². The molecule has 2 N–H and O–H groups in total. The van der Waals surface area contributed by atoms with Crippen LogP contribution in [-0.4, -0.2) is 44.5 Å². The first kappa shape index (κ1) is 24.4. The van der Waals surface area contributed by atoms with E-state index < -0.39 is 38.1 Å². The highest BCUT2D eigenvalue weighted by molar-refractivity contribution is 7.92. The van der Waals surface area contributed by atoms with E-state index in [1.54, 1.807) is 32.1 Å². The Kier molecular flexibility index (Phi) is 6.63. The van der Waals surface area contributed by atoms with Crippen LogP contribution in [0.5, 0.6) is 0 Å². The van der Waals surface area contributed by atoms with E-state index in [2.05, 4.69) is 20.3 Å². The molecule has 0 bridgehead atoms. The third-order valence-electron chi connectivity index (χ3n) is 4.80. The SMILES string of the molecule is CNc1nccc(-c2sc(N(C)C)nc2-c2cccc(NS(=O)(=O)c3c(F)cccc3F)c2F)n1. The van der Waals surface area contributed by atoms with Gasteiger partial charge in [0.15, 0.2) is 15.8 Å². The van der Waals surface area contributed by atoms with Gasteiger partial charge in [0.2, 0.25) is 5.95 Å². The molecule has 0 atom stereocenters. The molecule has 2 aromatic carbocycles. The third kappa shape index (κ3) is 4.77. The second-order valence-electron chi connectivity index (χ2n) is 7.41.